The van der Waals surface area contributed by atoms with Crippen molar-refractivity contribution >= 4 is 11.8 Å². The molecule has 0 heterocycles. The number of benzene rings is 3. The highest BCUT2D eigenvalue weighted by atomic mass is 16.5. The molecular formula is C26H28N2O3. The van der Waals surface area contributed by atoms with E-state index in [1.165, 1.54) is 0 Å². The van der Waals surface area contributed by atoms with Crippen LogP contribution in [0.5, 0.6) is 5.75 Å². The molecule has 160 valence electrons. The molecule has 5 heteroatoms. The molecule has 0 aliphatic rings. The first kappa shape index (κ1) is 22.1. The Kier molecular flexibility index (Phi) is 7.82. The second-order valence-corrected chi connectivity index (χ2v) is 7.44. The van der Waals surface area contributed by atoms with Crippen molar-refractivity contribution in [3.05, 3.63) is 101 Å². The van der Waals surface area contributed by atoms with Gasteiger partial charge in [0.15, 0.2) is 0 Å². The highest BCUT2D eigenvalue weighted by molar-refractivity contribution is 5.97. The largest absolute Gasteiger partial charge is 0.496 e. The number of carbonyl (C=O) groups is 2. The Morgan fingerprint density at radius 2 is 1.61 bits per heavy atom. The van der Waals surface area contributed by atoms with Crippen LogP contribution in [0.2, 0.25) is 0 Å². The van der Waals surface area contributed by atoms with Gasteiger partial charge in [0.25, 0.3) is 5.91 Å². The van der Waals surface area contributed by atoms with E-state index in [9.17, 15) is 9.59 Å². The maximum absolute atomic E-state index is 13.0. The van der Waals surface area contributed by atoms with Crippen molar-refractivity contribution in [2.75, 3.05) is 13.7 Å². The minimum Gasteiger partial charge on any atom is -0.496 e. The molecule has 1 atom stereocenters. The van der Waals surface area contributed by atoms with E-state index < -0.39 is 6.04 Å². The molecule has 31 heavy (non-hydrogen) atoms. The summed E-state index contributed by atoms with van der Waals surface area (Å²) in [6.45, 7) is 2.47. The lowest BCUT2D eigenvalue weighted by molar-refractivity contribution is -0.122. The fourth-order valence-electron chi connectivity index (χ4n) is 3.44. The van der Waals surface area contributed by atoms with Crippen LogP contribution >= 0.6 is 0 Å². The second-order valence-electron chi connectivity index (χ2n) is 7.44. The normalized spacial score (nSPS) is 11.4. The molecule has 3 rings (SSSR count). The monoisotopic (exact) mass is 416 g/mol. The van der Waals surface area contributed by atoms with Crippen molar-refractivity contribution in [1.29, 1.82) is 0 Å². The summed E-state index contributed by atoms with van der Waals surface area (Å²) < 4.78 is 5.42. The zero-order valence-corrected chi connectivity index (χ0v) is 17.9. The quantitative estimate of drug-likeness (QED) is 0.559. The van der Waals surface area contributed by atoms with Crippen molar-refractivity contribution in [2.45, 2.75) is 25.8 Å². The van der Waals surface area contributed by atoms with E-state index in [0.29, 0.717) is 24.9 Å². The number of methoxy groups -OCH3 is 1. The fourth-order valence-corrected chi connectivity index (χ4v) is 3.44. The zero-order valence-electron chi connectivity index (χ0n) is 17.9. The predicted molar refractivity (Wildman–Crippen MR) is 122 cm³/mol. The van der Waals surface area contributed by atoms with Crippen LogP contribution in [0.1, 0.15) is 27.0 Å². The summed E-state index contributed by atoms with van der Waals surface area (Å²) in [6.07, 6.45) is 1.06. The van der Waals surface area contributed by atoms with Gasteiger partial charge in [-0.3, -0.25) is 9.59 Å². The van der Waals surface area contributed by atoms with Crippen LogP contribution in [0.3, 0.4) is 0 Å². The van der Waals surface area contributed by atoms with Crippen LogP contribution in [0.15, 0.2) is 78.9 Å². The van der Waals surface area contributed by atoms with Crippen LogP contribution in [-0.2, 0) is 17.6 Å². The van der Waals surface area contributed by atoms with E-state index in [0.717, 1.165) is 22.4 Å². The van der Waals surface area contributed by atoms with Gasteiger partial charge in [0.1, 0.15) is 11.8 Å². The fraction of sp³-hybridized carbons (Fsp3) is 0.231. The first-order valence-corrected chi connectivity index (χ1v) is 10.4. The molecule has 2 N–H and O–H groups in total. The molecule has 2 amide bonds. The lowest BCUT2D eigenvalue weighted by Gasteiger charge is -2.19. The summed E-state index contributed by atoms with van der Waals surface area (Å²) >= 11 is 0. The molecule has 0 radical (unpaired) electrons. The third-order valence-corrected chi connectivity index (χ3v) is 5.07. The van der Waals surface area contributed by atoms with E-state index in [2.05, 4.69) is 16.7 Å². The van der Waals surface area contributed by atoms with E-state index in [4.69, 9.17) is 4.74 Å². The van der Waals surface area contributed by atoms with Gasteiger partial charge in [-0.2, -0.15) is 0 Å². The minimum absolute atomic E-state index is 0.209. The van der Waals surface area contributed by atoms with Crippen molar-refractivity contribution in [3.63, 3.8) is 0 Å². The van der Waals surface area contributed by atoms with Crippen LogP contribution in [0.4, 0.5) is 0 Å². The Morgan fingerprint density at radius 3 is 2.29 bits per heavy atom. The van der Waals surface area contributed by atoms with Gasteiger partial charge in [0.05, 0.1) is 7.11 Å². The van der Waals surface area contributed by atoms with Gasteiger partial charge in [0, 0.05) is 18.5 Å². The van der Waals surface area contributed by atoms with Crippen molar-refractivity contribution in [1.82, 2.24) is 10.6 Å². The molecule has 3 aromatic carbocycles. The van der Waals surface area contributed by atoms with E-state index in [1.54, 1.807) is 31.4 Å². The lowest BCUT2D eigenvalue weighted by atomic mass is 10.0. The Hall–Kier alpha value is -3.60. The molecule has 0 unspecified atom stereocenters. The Labute approximate surface area is 183 Å². The number of hydrogen-bond donors (Lipinski definition) is 2. The van der Waals surface area contributed by atoms with Gasteiger partial charge in [-0.1, -0.05) is 66.2 Å². The van der Waals surface area contributed by atoms with Gasteiger partial charge in [-0.05, 0) is 42.7 Å². The van der Waals surface area contributed by atoms with E-state index in [1.807, 2.05) is 55.5 Å². The second kappa shape index (κ2) is 11.0. The molecule has 0 aliphatic carbocycles. The first-order chi connectivity index (χ1) is 15.1. The molecule has 0 spiro atoms. The van der Waals surface area contributed by atoms with Gasteiger partial charge < -0.3 is 15.4 Å². The highest BCUT2D eigenvalue weighted by Gasteiger charge is 2.21. The lowest BCUT2D eigenvalue weighted by Crippen LogP contribution is -2.48. The summed E-state index contributed by atoms with van der Waals surface area (Å²) in [5.74, 6) is 0.329. The molecule has 3 aromatic rings. The number of amides is 2. The van der Waals surface area contributed by atoms with Gasteiger partial charge in [-0.15, -0.1) is 0 Å². The number of aryl methyl sites for hydroxylation is 1. The van der Waals surface area contributed by atoms with E-state index >= 15 is 0 Å². The third kappa shape index (κ3) is 6.44. The van der Waals surface area contributed by atoms with Gasteiger partial charge in [0.2, 0.25) is 5.91 Å². The number of carbonyl (C=O) groups excluding carboxylic acids is 2. The Morgan fingerprint density at radius 1 is 0.935 bits per heavy atom. The van der Waals surface area contributed by atoms with Crippen LogP contribution in [0.25, 0.3) is 0 Å². The average molecular weight is 417 g/mol. The summed E-state index contributed by atoms with van der Waals surface area (Å²) in [5.41, 5.74) is 3.68. The van der Waals surface area contributed by atoms with Gasteiger partial charge >= 0.3 is 0 Å². The summed E-state index contributed by atoms with van der Waals surface area (Å²) in [5, 5.41) is 5.86. The smallest absolute Gasteiger partial charge is 0.251 e. The van der Waals surface area contributed by atoms with Gasteiger partial charge in [-0.25, -0.2) is 0 Å². The number of ether oxygens (including phenoxy) is 1. The summed E-state index contributed by atoms with van der Waals surface area (Å²) in [7, 11) is 1.64. The molecular weight excluding hydrogens is 388 g/mol. The summed E-state index contributed by atoms with van der Waals surface area (Å²) in [6, 6.07) is 23.9. The average Bonchev–Trinajstić information content (AvgIpc) is 2.80. The van der Waals surface area contributed by atoms with Crippen molar-refractivity contribution in [2.24, 2.45) is 0 Å². The van der Waals surface area contributed by atoms with Crippen LogP contribution < -0.4 is 15.4 Å². The SMILES string of the molecule is COc1ccc(C)cc1CCNC(=O)[C@@H](Cc1ccccc1)NC(=O)c1ccccc1. The van der Waals surface area contributed by atoms with E-state index in [-0.39, 0.29) is 11.8 Å². The third-order valence-electron chi connectivity index (χ3n) is 5.07. The first-order valence-electron chi connectivity index (χ1n) is 10.4. The van der Waals surface area contributed by atoms with Crippen molar-refractivity contribution in [3.8, 4) is 5.75 Å². The molecule has 0 fully saturated rings. The predicted octanol–water partition coefficient (Wildman–Crippen LogP) is 3.70. The molecule has 0 saturated carbocycles. The maximum atomic E-state index is 13.0. The highest BCUT2D eigenvalue weighted by Crippen LogP contribution is 2.19. The maximum Gasteiger partial charge on any atom is 0.251 e. The topological polar surface area (TPSA) is 67.4 Å². The van der Waals surface area contributed by atoms with Crippen molar-refractivity contribution < 1.29 is 14.3 Å². The molecule has 0 aromatic heterocycles. The molecule has 0 aliphatic heterocycles. The summed E-state index contributed by atoms with van der Waals surface area (Å²) in [4.78, 5) is 25.6. The number of rotatable bonds is 9. The zero-order chi connectivity index (χ0) is 22.1. The molecule has 0 saturated heterocycles. The number of hydrogen-bond acceptors (Lipinski definition) is 3. The Balaban J connectivity index is 1.67. The number of nitrogens with one attached hydrogen (secondary N) is 2. The van der Waals surface area contributed by atoms with Crippen LogP contribution in [-0.4, -0.2) is 31.5 Å². The minimum atomic E-state index is -0.672. The standard InChI is InChI=1S/C26H28N2O3/c1-19-13-14-24(31-2)22(17-19)15-16-27-26(30)23(18-20-9-5-3-6-10-20)28-25(29)21-11-7-4-8-12-21/h3-14,17,23H,15-16,18H2,1-2H3,(H,27,30)(H,28,29)/t23-/m1/s1. The molecule has 5 nitrogen and oxygen atoms in total. The Bertz CT molecular complexity index is 1000. The van der Waals surface area contributed by atoms with Crippen LogP contribution in [0, 0.1) is 6.92 Å². The molecule has 0 bridgehead atoms.